The highest BCUT2D eigenvalue weighted by Crippen LogP contribution is 2.41. The molecule has 0 saturated carbocycles. The van der Waals surface area contributed by atoms with Crippen molar-refractivity contribution in [1.29, 1.82) is 5.26 Å². The van der Waals surface area contributed by atoms with Crippen LogP contribution in [0.5, 0.6) is 0 Å². The van der Waals surface area contributed by atoms with Crippen molar-refractivity contribution in [3.8, 4) is 6.07 Å². The first-order valence-corrected chi connectivity index (χ1v) is 11.7. The molecule has 0 radical (unpaired) electrons. The van der Waals surface area contributed by atoms with Gasteiger partial charge in [-0.3, -0.25) is 9.36 Å². The van der Waals surface area contributed by atoms with E-state index in [0.717, 1.165) is 22.0 Å². The van der Waals surface area contributed by atoms with Gasteiger partial charge < -0.3 is 10.5 Å². The van der Waals surface area contributed by atoms with Crippen LogP contribution in [0, 0.1) is 23.0 Å². The Morgan fingerprint density at radius 2 is 1.89 bits per heavy atom. The molecule has 1 aromatic heterocycles. The van der Waals surface area contributed by atoms with Gasteiger partial charge in [0.25, 0.3) is 5.56 Å². The molecule has 2 heterocycles. The van der Waals surface area contributed by atoms with Gasteiger partial charge in [-0.25, -0.2) is 13.6 Å². The van der Waals surface area contributed by atoms with Gasteiger partial charge in [0.1, 0.15) is 22.1 Å². The summed E-state index contributed by atoms with van der Waals surface area (Å²) in [5.41, 5.74) is 4.92. The molecule has 0 aliphatic carbocycles. The molecule has 35 heavy (non-hydrogen) atoms. The number of fused-ring (bicyclic) bond motifs is 1. The monoisotopic (exact) mass is 533 g/mol. The highest BCUT2D eigenvalue weighted by Gasteiger charge is 2.39. The Bertz CT molecular complexity index is 1600. The number of carbonyl (C=O) groups is 1. The number of rotatable bonds is 4. The summed E-state index contributed by atoms with van der Waals surface area (Å²) in [4.78, 5) is 26.3. The lowest BCUT2D eigenvalue weighted by molar-refractivity contribution is -0.138. The van der Waals surface area contributed by atoms with Crippen LogP contribution in [-0.4, -0.2) is 17.1 Å². The summed E-state index contributed by atoms with van der Waals surface area (Å²) in [6.07, 6.45) is 1.23. The molecule has 2 aromatic carbocycles. The van der Waals surface area contributed by atoms with E-state index in [1.54, 1.807) is 6.92 Å². The van der Waals surface area contributed by atoms with Crippen LogP contribution in [0.2, 0.25) is 10.0 Å². The van der Waals surface area contributed by atoms with Crippen molar-refractivity contribution >= 4 is 58.0 Å². The minimum absolute atomic E-state index is 0.00816. The second-order valence-corrected chi connectivity index (χ2v) is 9.15. The third-order valence-electron chi connectivity index (χ3n) is 5.33. The standard InChI is InChI=1S/C24H15Cl2F2N3O3S/c1-2-34-24(33)20-18(19-14(26)6-4-8-16(19)28)12(10-29)23-31(21(20)30)22(32)17(35-23)9-11-13(25)5-3-7-15(11)27/h3-9,18H,2,30H2,1H3/b17-9-/t18-/m0/s1. The lowest BCUT2D eigenvalue weighted by atomic mass is 9.83. The predicted octanol–water partition coefficient (Wildman–Crippen LogP) is 3.49. The SMILES string of the molecule is CCOC(=O)C1=C(N)n2c(s/c(=C\c3c(F)cccc3Cl)c2=O)=C(C#N)[C@H]1c1c(F)cccc1Cl. The fourth-order valence-electron chi connectivity index (χ4n) is 3.82. The van der Waals surface area contributed by atoms with Crippen LogP contribution < -0.4 is 20.5 Å². The fraction of sp³-hybridized carbons (Fsp3) is 0.125. The molecule has 3 aromatic rings. The number of aromatic nitrogens is 1. The van der Waals surface area contributed by atoms with Crippen LogP contribution >= 0.6 is 34.5 Å². The largest absolute Gasteiger partial charge is 0.463 e. The number of thiazole rings is 1. The molecular formula is C24H15Cl2F2N3O3S. The van der Waals surface area contributed by atoms with Gasteiger partial charge in [0.05, 0.1) is 39.3 Å². The van der Waals surface area contributed by atoms with E-state index in [4.69, 9.17) is 33.7 Å². The van der Waals surface area contributed by atoms with Crippen molar-refractivity contribution in [2.45, 2.75) is 12.8 Å². The van der Waals surface area contributed by atoms with Crippen molar-refractivity contribution in [3.63, 3.8) is 0 Å². The number of carbonyl (C=O) groups excluding carboxylic acids is 1. The van der Waals surface area contributed by atoms with Gasteiger partial charge >= 0.3 is 5.97 Å². The Balaban J connectivity index is 2.15. The second-order valence-electron chi connectivity index (χ2n) is 7.30. The van der Waals surface area contributed by atoms with Gasteiger partial charge in [-0.05, 0) is 37.3 Å². The lowest BCUT2D eigenvalue weighted by Gasteiger charge is -2.26. The Morgan fingerprint density at radius 1 is 1.23 bits per heavy atom. The smallest absolute Gasteiger partial charge is 0.338 e. The Morgan fingerprint density at radius 3 is 2.49 bits per heavy atom. The molecule has 178 valence electrons. The third kappa shape index (κ3) is 4.14. The predicted molar refractivity (Wildman–Crippen MR) is 130 cm³/mol. The highest BCUT2D eigenvalue weighted by molar-refractivity contribution is 7.07. The summed E-state index contributed by atoms with van der Waals surface area (Å²) in [5, 5.41) is 10.1. The average molecular weight is 534 g/mol. The maximum absolute atomic E-state index is 15.0. The van der Waals surface area contributed by atoms with Crippen LogP contribution in [-0.2, 0) is 9.53 Å². The summed E-state index contributed by atoms with van der Waals surface area (Å²) in [7, 11) is 0. The number of hydrogen-bond acceptors (Lipinski definition) is 6. The van der Waals surface area contributed by atoms with Crippen LogP contribution in [0.15, 0.2) is 46.8 Å². The van der Waals surface area contributed by atoms with Crippen LogP contribution in [0.1, 0.15) is 24.0 Å². The van der Waals surface area contributed by atoms with Gasteiger partial charge in [-0.2, -0.15) is 5.26 Å². The quantitative estimate of drug-likeness (QED) is 0.517. The van der Waals surface area contributed by atoms with Crippen molar-refractivity contribution in [2.24, 2.45) is 5.73 Å². The third-order valence-corrected chi connectivity index (χ3v) is 7.09. The molecule has 2 N–H and O–H groups in total. The number of nitriles is 1. The summed E-state index contributed by atoms with van der Waals surface area (Å²) in [6.45, 7) is 1.52. The fourth-order valence-corrected chi connectivity index (χ4v) is 5.42. The van der Waals surface area contributed by atoms with Crippen LogP contribution in [0.3, 0.4) is 0 Å². The molecule has 0 saturated heterocycles. The Labute approximate surface area is 211 Å². The molecule has 0 unspecified atom stereocenters. The molecule has 1 aliphatic heterocycles. The molecule has 1 atom stereocenters. The molecule has 4 rings (SSSR count). The zero-order chi connectivity index (χ0) is 25.4. The number of esters is 1. The van der Waals surface area contributed by atoms with E-state index in [-0.39, 0.29) is 53.9 Å². The van der Waals surface area contributed by atoms with E-state index >= 15 is 0 Å². The Kier molecular flexibility index (Phi) is 6.81. The maximum atomic E-state index is 15.0. The molecular weight excluding hydrogens is 519 g/mol. The number of ether oxygens (including phenoxy) is 1. The van der Waals surface area contributed by atoms with E-state index in [0.29, 0.717) is 0 Å². The van der Waals surface area contributed by atoms with E-state index in [2.05, 4.69) is 0 Å². The number of nitrogens with two attached hydrogens (primary N) is 1. The second kappa shape index (κ2) is 9.66. The van der Waals surface area contributed by atoms with Gasteiger partial charge in [-0.15, -0.1) is 11.3 Å². The maximum Gasteiger partial charge on any atom is 0.338 e. The van der Waals surface area contributed by atoms with Gasteiger partial charge in [0.15, 0.2) is 0 Å². The van der Waals surface area contributed by atoms with Crippen molar-refractivity contribution in [3.05, 3.63) is 94.3 Å². The van der Waals surface area contributed by atoms with Gasteiger partial charge in [0, 0.05) is 16.1 Å². The number of halogens is 4. The molecule has 1 aliphatic rings. The molecule has 0 spiro atoms. The first kappa shape index (κ1) is 24.7. The summed E-state index contributed by atoms with van der Waals surface area (Å²) in [5.74, 6) is -4.06. The van der Waals surface area contributed by atoms with E-state index < -0.39 is 29.1 Å². The molecule has 0 amide bonds. The molecule has 11 heteroatoms. The first-order valence-electron chi connectivity index (χ1n) is 10.1. The molecule has 6 nitrogen and oxygen atoms in total. The summed E-state index contributed by atoms with van der Waals surface area (Å²) < 4.78 is 35.5. The molecule has 0 fully saturated rings. The Hall–Kier alpha value is -3.45. The first-order chi connectivity index (χ1) is 16.7. The zero-order valence-corrected chi connectivity index (χ0v) is 20.3. The minimum Gasteiger partial charge on any atom is -0.463 e. The molecule has 0 bridgehead atoms. The number of nitrogens with zero attached hydrogens (tertiary/aromatic N) is 2. The van der Waals surface area contributed by atoms with Gasteiger partial charge in [0.2, 0.25) is 0 Å². The highest BCUT2D eigenvalue weighted by atomic mass is 35.5. The minimum atomic E-state index is -1.34. The van der Waals surface area contributed by atoms with E-state index in [1.807, 2.05) is 6.07 Å². The van der Waals surface area contributed by atoms with Gasteiger partial charge in [-0.1, -0.05) is 35.3 Å². The summed E-state index contributed by atoms with van der Waals surface area (Å²) >= 11 is 13.2. The van der Waals surface area contributed by atoms with E-state index in [9.17, 15) is 23.6 Å². The normalized spacial score (nSPS) is 15.7. The number of benzene rings is 2. The average Bonchev–Trinajstić information content (AvgIpc) is 3.13. The van der Waals surface area contributed by atoms with Crippen LogP contribution in [0.25, 0.3) is 17.5 Å². The van der Waals surface area contributed by atoms with Crippen LogP contribution in [0.4, 0.5) is 8.78 Å². The van der Waals surface area contributed by atoms with Crippen molar-refractivity contribution in [2.75, 3.05) is 6.61 Å². The van der Waals surface area contributed by atoms with Crippen molar-refractivity contribution in [1.82, 2.24) is 4.57 Å². The zero-order valence-electron chi connectivity index (χ0n) is 17.9. The van der Waals surface area contributed by atoms with Crippen molar-refractivity contribution < 1.29 is 18.3 Å². The number of hydrogen-bond donors (Lipinski definition) is 1. The van der Waals surface area contributed by atoms with E-state index in [1.165, 1.54) is 36.4 Å². The topological polar surface area (TPSA) is 98.1 Å². The summed E-state index contributed by atoms with van der Waals surface area (Å²) in [6, 6.07) is 9.93. The lowest BCUT2D eigenvalue weighted by Crippen LogP contribution is -2.40.